The Balaban J connectivity index is 1.60. The van der Waals surface area contributed by atoms with Crippen LogP contribution in [0.3, 0.4) is 0 Å². The smallest absolute Gasteiger partial charge is 0.337 e. The third kappa shape index (κ3) is 3.50. The third-order valence-corrected chi connectivity index (χ3v) is 5.29. The van der Waals surface area contributed by atoms with Crippen molar-refractivity contribution < 1.29 is 22.4 Å². The van der Waals surface area contributed by atoms with E-state index in [-0.39, 0.29) is 27.5 Å². The number of hydrogen-bond acceptors (Lipinski definition) is 2. The number of amides is 1. The summed E-state index contributed by atoms with van der Waals surface area (Å²) in [5.41, 5.74) is -0.335. The van der Waals surface area contributed by atoms with E-state index in [4.69, 9.17) is 0 Å². The summed E-state index contributed by atoms with van der Waals surface area (Å²) in [6, 6.07) is 7.06. The van der Waals surface area contributed by atoms with Crippen LogP contribution in [0.2, 0.25) is 0 Å². The van der Waals surface area contributed by atoms with Crippen LogP contribution >= 0.6 is 15.9 Å². The van der Waals surface area contributed by atoms with Crippen LogP contribution in [0, 0.1) is 5.82 Å². The first-order valence-electron chi connectivity index (χ1n) is 8.52. The normalized spacial score (nSPS) is 17.5. The largest absolute Gasteiger partial charge is 0.420 e. The Bertz CT molecular complexity index is 1050. The molecule has 0 saturated carbocycles. The zero-order valence-corrected chi connectivity index (χ0v) is 16.0. The molecule has 1 aliphatic rings. The minimum Gasteiger partial charge on any atom is -0.337 e. The van der Waals surface area contributed by atoms with Gasteiger partial charge in [-0.1, -0.05) is 12.1 Å². The lowest BCUT2D eigenvalue weighted by atomic mass is 9.99. The number of carbonyl (C=O) groups is 1. The van der Waals surface area contributed by atoms with Crippen molar-refractivity contribution in [3.63, 3.8) is 0 Å². The number of pyridine rings is 1. The molecule has 9 heteroatoms. The molecule has 0 bridgehead atoms. The van der Waals surface area contributed by atoms with Gasteiger partial charge in [-0.2, -0.15) is 13.2 Å². The monoisotopic (exact) mass is 455 g/mol. The molecule has 1 fully saturated rings. The van der Waals surface area contributed by atoms with Gasteiger partial charge >= 0.3 is 6.18 Å². The van der Waals surface area contributed by atoms with Crippen LogP contribution < -0.4 is 0 Å². The number of hydrogen-bond donors (Lipinski definition) is 0. The van der Waals surface area contributed by atoms with Crippen molar-refractivity contribution in [3.05, 3.63) is 69.8 Å². The van der Waals surface area contributed by atoms with E-state index in [0.717, 1.165) is 11.6 Å². The highest BCUT2D eigenvalue weighted by Crippen LogP contribution is 2.34. The van der Waals surface area contributed by atoms with Gasteiger partial charge in [-0.05, 0) is 46.1 Å². The SMILES string of the molecule is O=C(c1cn2cc(Br)cc(C(F)(F)F)c2n1)N1CCC(c2ccc(F)cc2)C1. The van der Waals surface area contributed by atoms with Gasteiger partial charge in [0.05, 0.1) is 5.56 Å². The third-order valence-electron chi connectivity index (χ3n) is 4.86. The van der Waals surface area contributed by atoms with Gasteiger partial charge in [0, 0.05) is 35.9 Å². The second-order valence-electron chi connectivity index (χ2n) is 6.72. The molecule has 2 aromatic heterocycles. The van der Waals surface area contributed by atoms with E-state index in [0.29, 0.717) is 19.5 Å². The minimum atomic E-state index is -4.59. The van der Waals surface area contributed by atoms with Crippen molar-refractivity contribution in [2.45, 2.75) is 18.5 Å². The molecule has 0 N–H and O–H groups in total. The maximum atomic E-state index is 13.3. The number of carbonyl (C=O) groups excluding carboxylic acids is 1. The zero-order chi connectivity index (χ0) is 20.1. The molecular weight excluding hydrogens is 442 g/mol. The Morgan fingerprint density at radius 1 is 1.18 bits per heavy atom. The van der Waals surface area contributed by atoms with Gasteiger partial charge in [0.2, 0.25) is 0 Å². The highest BCUT2D eigenvalue weighted by Gasteiger charge is 2.35. The average Bonchev–Trinajstić information content (AvgIpc) is 3.27. The van der Waals surface area contributed by atoms with E-state index in [1.165, 1.54) is 28.9 Å². The van der Waals surface area contributed by atoms with Gasteiger partial charge in [-0.3, -0.25) is 4.79 Å². The Kier molecular flexibility index (Phi) is 4.65. The molecule has 1 amide bonds. The number of likely N-dealkylation sites (tertiary alicyclic amines) is 1. The number of halogens is 5. The topological polar surface area (TPSA) is 37.6 Å². The second-order valence-corrected chi connectivity index (χ2v) is 7.63. The van der Waals surface area contributed by atoms with Gasteiger partial charge in [-0.25, -0.2) is 9.37 Å². The Morgan fingerprint density at radius 2 is 1.89 bits per heavy atom. The molecule has 0 aliphatic carbocycles. The highest BCUT2D eigenvalue weighted by molar-refractivity contribution is 9.10. The number of imidazole rings is 1. The number of nitrogens with zero attached hydrogens (tertiary/aromatic N) is 3. The first-order chi connectivity index (χ1) is 13.2. The Morgan fingerprint density at radius 3 is 2.57 bits per heavy atom. The molecule has 1 aromatic carbocycles. The summed E-state index contributed by atoms with van der Waals surface area (Å²) in [4.78, 5) is 18.3. The molecule has 4 rings (SSSR count). The zero-order valence-electron chi connectivity index (χ0n) is 14.4. The number of alkyl halides is 3. The lowest BCUT2D eigenvalue weighted by Crippen LogP contribution is -2.28. The number of fused-ring (bicyclic) bond motifs is 1. The maximum Gasteiger partial charge on any atom is 0.420 e. The summed E-state index contributed by atoms with van der Waals surface area (Å²) < 4.78 is 54.4. The van der Waals surface area contributed by atoms with Gasteiger partial charge in [0.25, 0.3) is 5.91 Å². The van der Waals surface area contributed by atoms with Gasteiger partial charge in [0.15, 0.2) is 0 Å². The molecular formula is C19H14BrF4N3O. The van der Waals surface area contributed by atoms with Crippen molar-refractivity contribution in [2.24, 2.45) is 0 Å². The van der Waals surface area contributed by atoms with Crippen molar-refractivity contribution in [1.29, 1.82) is 0 Å². The molecule has 4 nitrogen and oxygen atoms in total. The van der Waals surface area contributed by atoms with Crippen molar-refractivity contribution in [2.75, 3.05) is 13.1 Å². The van der Waals surface area contributed by atoms with E-state index < -0.39 is 17.6 Å². The van der Waals surface area contributed by atoms with Gasteiger partial charge in [0.1, 0.15) is 17.2 Å². The van der Waals surface area contributed by atoms with E-state index in [1.807, 2.05) is 0 Å². The highest BCUT2D eigenvalue weighted by atomic mass is 79.9. The van der Waals surface area contributed by atoms with Crippen LogP contribution in [-0.2, 0) is 6.18 Å². The lowest BCUT2D eigenvalue weighted by molar-refractivity contribution is -0.136. The Hall–Kier alpha value is -2.42. The van der Waals surface area contributed by atoms with Crippen LogP contribution in [0.15, 0.2) is 47.2 Å². The first-order valence-corrected chi connectivity index (χ1v) is 9.32. The molecule has 28 heavy (non-hydrogen) atoms. The molecule has 1 unspecified atom stereocenters. The molecule has 1 aliphatic heterocycles. The number of benzene rings is 1. The van der Waals surface area contributed by atoms with Crippen molar-refractivity contribution >= 4 is 27.5 Å². The quantitative estimate of drug-likeness (QED) is 0.516. The van der Waals surface area contributed by atoms with Gasteiger partial charge in [-0.15, -0.1) is 0 Å². The Labute approximate surface area is 165 Å². The van der Waals surface area contributed by atoms with E-state index in [9.17, 15) is 22.4 Å². The average molecular weight is 456 g/mol. The van der Waals surface area contributed by atoms with Gasteiger partial charge < -0.3 is 9.30 Å². The standard InChI is InChI=1S/C19H14BrF4N3O/c20-13-7-15(19(22,23)24)17-25-16(10-27(17)9-13)18(28)26-6-5-12(8-26)11-1-3-14(21)4-2-11/h1-4,7,9-10,12H,5-6,8H2. The molecule has 146 valence electrons. The van der Waals surface area contributed by atoms with Crippen LogP contribution in [0.25, 0.3) is 5.65 Å². The fraction of sp³-hybridized carbons (Fsp3) is 0.263. The van der Waals surface area contributed by atoms with E-state index >= 15 is 0 Å². The summed E-state index contributed by atoms with van der Waals surface area (Å²) in [6.07, 6.45) is -1.15. The predicted octanol–water partition coefficient (Wildman–Crippen LogP) is 4.88. The van der Waals surface area contributed by atoms with Crippen LogP contribution in [-0.4, -0.2) is 33.3 Å². The maximum absolute atomic E-state index is 13.3. The minimum absolute atomic E-state index is 0.0386. The van der Waals surface area contributed by atoms with Crippen LogP contribution in [0.1, 0.15) is 34.0 Å². The first kappa shape index (κ1) is 18.9. The number of rotatable bonds is 2. The number of aromatic nitrogens is 2. The summed E-state index contributed by atoms with van der Waals surface area (Å²) in [6.45, 7) is 0.874. The van der Waals surface area contributed by atoms with Crippen molar-refractivity contribution in [1.82, 2.24) is 14.3 Å². The summed E-state index contributed by atoms with van der Waals surface area (Å²) in [7, 11) is 0. The molecule has 0 radical (unpaired) electrons. The van der Waals surface area contributed by atoms with E-state index in [1.54, 1.807) is 17.0 Å². The molecule has 1 saturated heterocycles. The molecule has 0 spiro atoms. The molecule has 3 aromatic rings. The predicted molar refractivity (Wildman–Crippen MR) is 97.6 cm³/mol. The summed E-state index contributed by atoms with van der Waals surface area (Å²) in [5.74, 6) is -0.690. The van der Waals surface area contributed by atoms with Crippen LogP contribution in [0.4, 0.5) is 17.6 Å². The fourth-order valence-corrected chi connectivity index (χ4v) is 3.94. The van der Waals surface area contributed by atoms with Crippen molar-refractivity contribution in [3.8, 4) is 0 Å². The van der Waals surface area contributed by atoms with Crippen LogP contribution in [0.5, 0.6) is 0 Å². The fourth-order valence-electron chi connectivity index (χ4n) is 3.49. The van der Waals surface area contributed by atoms with E-state index in [2.05, 4.69) is 20.9 Å². The summed E-state index contributed by atoms with van der Waals surface area (Å²) >= 11 is 3.06. The summed E-state index contributed by atoms with van der Waals surface area (Å²) in [5, 5.41) is 0. The lowest BCUT2D eigenvalue weighted by Gasteiger charge is -2.15. The molecule has 3 heterocycles. The molecule has 1 atom stereocenters. The second kappa shape index (κ2) is 6.88.